The number of nitrogens with one attached hydrogen (secondary N) is 1. The molecule has 0 saturated heterocycles. The Labute approximate surface area is 98.8 Å². The molecule has 1 aliphatic rings. The second-order valence-corrected chi connectivity index (χ2v) is 5.03. The smallest absolute Gasteiger partial charge is 0.0693 e. The highest BCUT2D eigenvalue weighted by atomic mass is 79.9. The summed E-state index contributed by atoms with van der Waals surface area (Å²) in [7, 11) is 0. The molecule has 15 heavy (non-hydrogen) atoms. The second kappa shape index (κ2) is 5.10. The summed E-state index contributed by atoms with van der Waals surface area (Å²) in [5, 5.41) is 13.0. The van der Waals surface area contributed by atoms with Gasteiger partial charge in [-0.25, -0.2) is 0 Å². The van der Waals surface area contributed by atoms with E-state index in [2.05, 4.69) is 33.4 Å². The summed E-state index contributed by atoms with van der Waals surface area (Å²) < 4.78 is 1.10. The van der Waals surface area contributed by atoms with Gasteiger partial charge in [-0.3, -0.25) is 0 Å². The Kier molecular flexibility index (Phi) is 3.78. The van der Waals surface area contributed by atoms with Crippen molar-refractivity contribution in [2.24, 2.45) is 0 Å². The topological polar surface area (TPSA) is 32.3 Å². The molecule has 0 heterocycles. The van der Waals surface area contributed by atoms with Crippen LogP contribution in [0, 0.1) is 0 Å². The second-order valence-electron chi connectivity index (χ2n) is 4.11. The molecule has 0 radical (unpaired) electrons. The van der Waals surface area contributed by atoms with Crippen LogP contribution in [0.1, 0.15) is 24.8 Å². The van der Waals surface area contributed by atoms with Crippen LogP contribution >= 0.6 is 15.9 Å². The van der Waals surface area contributed by atoms with Gasteiger partial charge in [-0.1, -0.05) is 28.1 Å². The van der Waals surface area contributed by atoms with Crippen molar-refractivity contribution in [2.45, 2.75) is 38.0 Å². The van der Waals surface area contributed by atoms with Gasteiger partial charge >= 0.3 is 0 Å². The fraction of sp³-hybridized carbons (Fsp3) is 0.500. The number of aliphatic hydroxyl groups is 1. The molecule has 0 amide bonds. The van der Waals surface area contributed by atoms with Gasteiger partial charge in [0, 0.05) is 17.1 Å². The first-order chi connectivity index (χ1) is 7.25. The van der Waals surface area contributed by atoms with E-state index in [-0.39, 0.29) is 12.1 Å². The number of hydrogen-bond acceptors (Lipinski definition) is 2. The highest BCUT2D eigenvalue weighted by molar-refractivity contribution is 9.10. The molecular weight excluding hydrogens is 254 g/mol. The Morgan fingerprint density at radius 1 is 1.27 bits per heavy atom. The predicted octanol–water partition coefficient (Wildman–Crippen LogP) is 2.45. The fourth-order valence-electron chi connectivity index (χ4n) is 2.03. The van der Waals surface area contributed by atoms with Crippen LogP contribution in [-0.2, 0) is 6.54 Å². The average Bonchev–Trinajstić information content (AvgIpc) is 2.63. The first kappa shape index (κ1) is 11.1. The lowest BCUT2D eigenvalue weighted by molar-refractivity contribution is 0.148. The summed E-state index contributed by atoms with van der Waals surface area (Å²) in [5.41, 5.74) is 1.26. The predicted molar refractivity (Wildman–Crippen MR) is 64.6 cm³/mol. The monoisotopic (exact) mass is 269 g/mol. The van der Waals surface area contributed by atoms with E-state index in [1.807, 2.05) is 12.1 Å². The molecule has 2 atom stereocenters. The van der Waals surface area contributed by atoms with Crippen molar-refractivity contribution in [3.05, 3.63) is 34.3 Å². The van der Waals surface area contributed by atoms with Gasteiger partial charge in [0.15, 0.2) is 0 Å². The normalized spacial score (nSPS) is 25.7. The van der Waals surface area contributed by atoms with Gasteiger partial charge in [-0.05, 0) is 37.0 Å². The molecule has 0 bridgehead atoms. The van der Waals surface area contributed by atoms with Crippen molar-refractivity contribution in [3.63, 3.8) is 0 Å². The quantitative estimate of drug-likeness (QED) is 0.884. The van der Waals surface area contributed by atoms with Crippen molar-refractivity contribution in [1.82, 2.24) is 5.32 Å². The van der Waals surface area contributed by atoms with E-state index in [1.54, 1.807) is 0 Å². The van der Waals surface area contributed by atoms with E-state index in [0.717, 1.165) is 30.3 Å². The van der Waals surface area contributed by atoms with Gasteiger partial charge in [0.2, 0.25) is 0 Å². The molecule has 0 spiro atoms. The maximum Gasteiger partial charge on any atom is 0.0693 e. The molecule has 1 aliphatic carbocycles. The molecule has 1 aromatic carbocycles. The largest absolute Gasteiger partial charge is 0.392 e. The standard InChI is InChI=1S/C12H16BrNO/c13-10-6-4-9(5-7-10)8-14-11-2-1-3-12(11)15/h4-7,11-12,14-15H,1-3,8H2/t11-,12-/m1/s1. The Morgan fingerprint density at radius 3 is 2.60 bits per heavy atom. The fourth-order valence-corrected chi connectivity index (χ4v) is 2.29. The third-order valence-electron chi connectivity index (χ3n) is 2.96. The molecule has 2 rings (SSSR count). The minimum absolute atomic E-state index is 0.152. The van der Waals surface area contributed by atoms with Gasteiger partial charge in [-0.2, -0.15) is 0 Å². The van der Waals surface area contributed by atoms with Crippen LogP contribution in [0.4, 0.5) is 0 Å². The van der Waals surface area contributed by atoms with Gasteiger partial charge in [0.25, 0.3) is 0 Å². The van der Waals surface area contributed by atoms with Crippen LogP contribution in [0.3, 0.4) is 0 Å². The lowest BCUT2D eigenvalue weighted by atomic mass is 10.2. The summed E-state index contributed by atoms with van der Waals surface area (Å²) in [4.78, 5) is 0. The highest BCUT2D eigenvalue weighted by Crippen LogP contribution is 2.19. The molecule has 0 aromatic heterocycles. The molecule has 82 valence electrons. The number of hydrogen-bond donors (Lipinski definition) is 2. The minimum atomic E-state index is -0.152. The summed E-state index contributed by atoms with van der Waals surface area (Å²) in [5.74, 6) is 0. The Balaban J connectivity index is 1.85. The summed E-state index contributed by atoms with van der Waals surface area (Å²) in [6, 6.07) is 8.56. The van der Waals surface area contributed by atoms with E-state index in [9.17, 15) is 5.11 Å². The number of benzene rings is 1. The molecule has 1 aromatic rings. The number of rotatable bonds is 3. The molecule has 1 fully saturated rings. The third-order valence-corrected chi connectivity index (χ3v) is 3.49. The lowest BCUT2D eigenvalue weighted by Crippen LogP contribution is -2.34. The Morgan fingerprint density at radius 2 is 2.00 bits per heavy atom. The van der Waals surface area contributed by atoms with Crippen molar-refractivity contribution in [3.8, 4) is 0 Å². The minimum Gasteiger partial charge on any atom is -0.392 e. The SMILES string of the molecule is O[C@@H]1CCC[C@H]1NCc1ccc(Br)cc1. The van der Waals surface area contributed by atoms with Crippen molar-refractivity contribution < 1.29 is 5.11 Å². The lowest BCUT2D eigenvalue weighted by Gasteiger charge is -2.16. The van der Waals surface area contributed by atoms with Crippen molar-refractivity contribution in [1.29, 1.82) is 0 Å². The maximum atomic E-state index is 9.64. The summed E-state index contributed by atoms with van der Waals surface area (Å²) in [6.07, 6.45) is 3.02. The molecule has 2 N–H and O–H groups in total. The van der Waals surface area contributed by atoms with Gasteiger partial charge in [-0.15, -0.1) is 0 Å². The molecule has 0 aliphatic heterocycles. The van der Waals surface area contributed by atoms with Crippen LogP contribution in [0.5, 0.6) is 0 Å². The maximum absolute atomic E-state index is 9.64. The first-order valence-electron chi connectivity index (χ1n) is 5.41. The van der Waals surface area contributed by atoms with Gasteiger partial charge in [0.1, 0.15) is 0 Å². The zero-order chi connectivity index (χ0) is 10.7. The Hall–Kier alpha value is -0.380. The van der Waals surface area contributed by atoms with Gasteiger partial charge < -0.3 is 10.4 Å². The van der Waals surface area contributed by atoms with E-state index >= 15 is 0 Å². The zero-order valence-electron chi connectivity index (χ0n) is 8.62. The number of halogens is 1. The highest BCUT2D eigenvalue weighted by Gasteiger charge is 2.24. The summed E-state index contributed by atoms with van der Waals surface area (Å²) >= 11 is 3.41. The van der Waals surface area contributed by atoms with Crippen LogP contribution in [0.2, 0.25) is 0 Å². The third kappa shape index (κ3) is 3.03. The van der Waals surface area contributed by atoms with Crippen molar-refractivity contribution in [2.75, 3.05) is 0 Å². The van der Waals surface area contributed by atoms with Gasteiger partial charge in [0.05, 0.1) is 6.10 Å². The van der Waals surface area contributed by atoms with Crippen LogP contribution in [0.15, 0.2) is 28.7 Å². The van der Waals surface area contributed by atoms with E-state index in [4.69, 9.17) is 0 Å². The summed E-state index contributed by atoms with van der Waals surface area (Å²) in [6.45, 7) is 0.842. The zero-order valence-corrected chi connectivity index (χ0v) is 10.2. The van der Waals surface area contributed by atoms with Crippen molar-refractivity contribution >= 4 is 15.9 Å². The molecule has 0 unspecified atom stereocenters. The molecular formula is C12H16BrNO. The van der Waals surface area contributed by atoms with E-state index in [0.29, 0.717) is 0 Å². The van der Waals surface area contributed by atoms with Crippen LogP contribution in [0.25, 0.3) is 0 Å². The van der Waals surface area contributed by atoms with Crippen LogP contribution < -0.4 is 5.32 Å². The van der Waals surface area contributed by atoms with Crippen LogP contribution in [-0.4, -0.2) is 17.3 Å². The Bertz CT molecular complexity index is 312. The van der Waals surface area contributed by atoms with E-state index < -0.39 is 0 Å². The van der Waals surface area contributed by atoms with E-state index in [1.165, 1.54) is 5.56 Å². The number of aliphatic hydroxyl groups excluding tert-OH is 1. The first-order valence-corrected chi connectivity index (χ1v) is 6.21. The molecule has 3 heteroatoms. The molecule has 1 saturated carbocycles. The molecule has 2 nitrogen and oxygen atoms in total. The average molecular weight is 270 g/mol.